The van der Waals surface area contributed by atoms with Crippen LogP contribution in [0.4, 0.5) is 22.7 Å². The summed E-state index contributed by atoms with van der Waals surface area (Å²) >= 11 is 0. The number of aliphatic hydroxyl groups is 6. The minimum Gasteiger partial charge on any atom is -0.508 e. The zero-order valence-electron chi connectivity index (χ0n) is 47.2. The van der Waals surface area contributed by atoms with Crippen LogP contribution in [0.2, 0.25) is 0 Å². The number of anilines is 4. The highest BCUT2D eigenvalue weighted by Crippen LogP contribution is 2.57. The van der Waals surface area contributed by atoms with Crippen molar-refractivity contribution >= 4 is 91.4 Å². The van der Waals surface area contributed by atoms with Gasteiger partial charge < -0.3 is 72.8 Å². The second kappa shape index (κ2) is 23.4. The topological polar surface area (TPSA) is 462 Å². The molecule has 8 rings (SSSR count). The van der Waals surface area contributed by atoms with E-state index in [1.54, 1.807) is 40.3 Å². The van der Waals surface area contributed by atoms with Gasteiger partial charge in [0.1, 0.15) is 45.7 Å². The molecule has 2 saturated carbocycles. The molecule has 83 heavy (non-hydrogen) atoms. The molecule has 2 aromatic rings. The molecule has 16 N–H and O–H groups in total. The van der Waals surface area contributed by atoms with Gasteiger partial charge in [0.15, 0.2) is 22.8 Å². The van der Waals surface area contributed by atoms with Gasteiger partial charge in [-0.2, -0.15) is 8.42 Å². The van der Waals surface area contributed by atoms with Gasteiger partial charge in [0.25, 0.3) is 11.8 Å². The normalized spacial score (nSPS) is 25.4. The number of fused-ring (bicyclic) bond motifs is 6. The van der Waals surface area contributed by atoms with Gasteiger partial charge in [0, 0.05) is 74.4 Å². The van der Waals surface area contributed by atoms with E-state index in [0.717, 1.165) is 0 Å². The van der Waals surface area contributed by atoms with Crippen molar-refractivity contribution in [3.63, 3.8) is 0 Å². The monoisotopic (exact) mass is 1180 g/mol. The van der Waals surface area contributed by atoms with Gasteiger partial charge in [-0.1, -0.05) is 0 Å². The predicted octanol–water partition coefficient (Wildman–Crippen LogP) is 0.884. The molecule has 29 heteroatoms. The lowest BCUT2D eigenvalue weighted by molar-refractivity contribution is -0.155. The highest BCUT2D eigenvalue weighted by atomic mass is 32.3. The average Bonchev–Trinajstić information content (AvgIpc) is 0.782. The molecule has 6 aliphatic rings. The SMILES string of the molecule is CCN(CC)c1cc(NC(C)=O)c(O)c2c1CC1CC3[C@H](N(C)C)C(=O)C(C(N)=O)=C(O)C3(O)C(=O)C1=C2O.CCN(CC)c1cc(NC(C)=O)c(O)c2c1CC1CC3[C@H](N(C)C)C(=O)C(C(N)=O)=C(O)C3(O)C(=O)C1=C2O.O=S(=O)(O)O. The Kier molecular flexibility index (Phi) is 18.1. The summed E-state index contributed by atoms with van der Waals surface area (Å²) in [5.41, 5.74) is 5.33. The van der Waals surface area contributed by atoms with E-state index in [4.69, 9.17) is 29.0 Å². The first kappa shape index (κ1) is 64.2. The Balaban J connectivity index is 0.000000246. The van der Waals surface area contributed by atoms with E-state index < -0.39 is 150 Å². The number of primary amides is 2. The van der Waals surface area contributed by atoms with E-state index >= 15 is 0 Å². The molecule has 28 nitrogen and oxygen atoms in total. The van der Waals surface area contributed by atoms with Crippen LogP contribution in [0.25, 0.3) is 11.5 Å². The molecular formula is C54H70N8O20S. The van der Waals surface area contributed by atoms with Crippen LogP contribution < -0.4 is 31.9 Å². The molecule has 0 heterocycles. The second-order valence-corrected chi connectivity index (χ2v) is 22.3. The fourth-order valence-corrected chi connectivity index (χ4v) is 12.8. The van der Waals surface area contributed by atoms with Crippen LogP contribution in [0.1, 0.15) is 76.6 Å². The third kappa shape index (κ3) is 10.9. The summed E-state index contributed by atoms with van der Waals surface area (Å²) in [7, 11) is 1.53. The molecule has 0 aliphatic heterocycles. The summed E-state index contributed by atoms with van der Waals surface area (Å²) in [5.74, 6) is -15.4. The van der Waals surface area contributed by atoms with Gasteiger partial charge in [0.05, 0.1) is 34.6 Å². The minimum absolute atomic E-state index is 0.00232. The van der Waals surface area contributed by atoms with E-state index in [-0.39, 0.29) is 59.3 Å². The number of nitrogens with zero attached hydrogens (tertiary/aromatic N) is 4. The number of aliphatic hydroxyl groups excluding tert-OH is 4. The van der Waals surface area contributed by atoms with E-state index in [2.05, 4.69) is 10.6 Å². The maximum atomic E-state index is 14.0. The zero-order valence-corrected chi connectivity index (χ0v) is 48.0. The predicted molar refractivity (Wildman–Crippen MR) is 298 cm³/mol. The fraction of sp³-hybridized carbons (Fsp3) is 0.481. The van der Waals surface area contributed by atoms with Gasteiger partial charge in [-0.25, -0.2) is 0 Å². The van der Waals surface area contributed by atoms with Crippen LogP contribution in [0.5, 0.6) is 11.5 Å². The van der Waals surface area contributed by atoms with E-state index in [0.29, 0.717) is 48.7 Å². The van der Waals surface area contributed by atoms with Gasteiger partial charge in [0.2, 0.25) is 23.4 Å². The lowest BCUT2D eigenvalue weighted by Gasteiger charge is -2.50. The number of amides is 4. The Morgan fingerprint density at radius 2 is 0.880 bits per heavy atom. The number of aromatic hydroxyl groups is 2. The van der Waals surface area contributed by atoms with Crippen molar-refractivity contribution in [3.8, 4) is 11.5 Å². The molecular weight excluding hydrogens is 1110 g/mol. The van der Waals surface area contributed by atoms with Gasteiger partial charge in [-0.05, 0) is 117 Å². The highest BCUT2D eigenvalue weighted by molar-refractivity contribution is 7.79. The molecule has 8 atom stereocenters. The number of Topliss-reactive ketones (excluding diaryl/α,β-unsaturated/α-hetero) is 4. The van der Waals surface area contributed by atoms with Crippen molar-refractivity contribution in [2.75, 3.05) is 74.8 Å². The number of ketones is 4. The number of likely N-dealkylation sites (N-methyl/N-ethyl adjacent to an activating group) is 2. The van der Waals surface area contributed by atoms with Crippen LogP contribution in [-0.4, -0.2) is 193 Å². The number of phenolic OH excluding ortho intramolecular Hbond substituents is 2. The number of rotatable bonds is 12. The fourth-order valence-electron chi connectivity index (χ4n) is 12.8. The minimum atomic E-state index is -4.67. The molecule has 2 aromatic carbocycles. The van der Waals surface area contributed by atoms with E-state index in [1.807, 2.05) is 37.5 Å². The molecule has 0 saturated heterocycles. The van der Waals surface area contributed by atoms with Gasteiger partial charge >= 0.3 is 10.4 Å². The summed E-state index contributed by atoms with van der Waals surface area (Å²) in [6, 6.07) is 0.922. The largest absolute Gasteiger partial charge is 0.508 e. The van der Waals surface area contributed by atoms with E-state index in [9.17, 15) is 79.2 Å². The molecule has 0 bridgehead atoms. The maximum Gasteiger partial charge on any atom is 0.394 e. The molecule has 0 aromatic heterocycles. The van der Waals surface area contributed by atoms with Crippen molar-refractivity contribution in [2.24, 2.45) is 35.1 Å². The smallest absolute Gasteiger partial charge is 0.394 e. The van der Waals surface area contributed by atoms with Crippen LogP contribution in [0.15, 0.2) is 45.9 Å². The Bertz CT molecular complexity index is 3180. The number of phenols is 2. The summed E-state index contributed by atoms with van der Waals surface area (Å²) in [6.07, 6.45) is 0.317. The number of carbonyl (C=O) groups excluding carboxylic acids is 8. The molecule has 6 unspecified atom stereocenters. The number of nitrogens with two attached hydrogens (primary N) is 2. The molecule has 4 amide bonds. The van der Waals surface area contributed by atoms with Gasteiger partial charge in [-0.3, -0.25) is 57.3 Å². The Morgan fingerprint density at radius 3 is 1.12 bits per heavy atom. The number of hydrogen-bond acceptors (Lipinski definition) is 22. The van der Waals surface area contributed by atoms with Crippen LogP contribution in [0, 0.1) is 23.7 Å². The summed E-state index contributed by atoms with van der Waals surface area (Å²) in [4.78, 5) is 109. The number of nitrogens with one attached hydrogen (secondary N) is 2. The number of carbonyl (C=O) groups is 8. The van der Waals surface area contributed by atoms with Crippen molar-refractivity contribution in [3.05, 3.63) is 68.2 Å². The standard InChI is InChI=1S/2C27H34N4O8.H2O4S/c2*1-6-31(7-2)16-10-15(29-11(3)32)21(33)18-13(16)8-12-9-14-20(30(4)5)23(35)19(26(28)38)25(37)27(14,39)24(36)17(12)22(18)34;1-5(2,3)4/h2*10,12,14,20,33-34,37,39H,6-9H2,1-5H3,(H2,28,38)(H,29,32);(H2,1,2,3,4)/t2*12?,14?,20-,27?;/m00./s1. The number of hydrogen-bond donors (Lipinski definition) is 14. The average molecular weight is 1180 g/mol. The first-order valence-electron chi connectivity index (χ1n) is 26.3. The van der Waals surface area contributed by atoms with Crippen LogP contribution >= 0.6 is 0 Å². The van der Waals surface area contributed by atoms with Crippen molar-refractivity contribution in [1.29, 1.82) is 0 Å². The Labute approximate surface area is 476 Å². The zero-order chi connectivity index (χ0) is 62.8. The summed E-state index contributed by atoms with van der Waals surface area (Å²) in [6.45, 7) is 12.5. The molecule has 2 fully saturated rings. The van der Waals surface area contributed by atoms with E-state index in [1.165, 1.54) is 23.6 Å². The van der Waals surface area contributed by atoms with Gasteiger partial charge in [-0.15, -0.1) is 0 Å². The van der Waals surface area contributed by atoms with Crippen LogP contribution in [-0.2, 0) is 61.6 Å². The molecule has 0 spiro atoms. The van der Waals surface area contributed by atoms with Crippen molar-refractivity contribution in [2.45, 2.75) is 90.5 Å². The summed E-state index contributed by atoms with van der Waals surface area (Å²) in [5, 5.41) is 95.7. The molecule has 6 aliphatic carbocycles. The molecule has 0 radical (unpaired) electrons. The quantitative estimate of drug-likeness (QED) is 0.0797. The first-order chi connectivity index (χ1) is 38.4. The maximum absolute atomic E-state index is 14.0. The molecule has 452 valence electrons. The Morgan fingerprint density at radius 1 is 0.590 bits per heavy atom. The highest BCUT2D eigenvalue weighted by Gasteiger charge is 2.66. The first-order valence-corrected chi connectivity index (χ1v) is 27.7. The third-order valence-electron chi connectivity index (χ3n) is 16.2. The van der Waals surface area contributed by atoms with Crippen molar-refractivity contribution in [1.82, 2.24) is 9.80 Å². The lowest BCUT2D eigenvalue weighted by atomic mass is 9.57. The lowest BCUT2D eigenvalue weighted by Crippen LogP contribution is -2.65. The number of benzene rings is 2. The van der Waals surface area contributed by atoms with Crippen molar-refractivity contribution < 1.29 is 96.7 Å². The third-order valence-corrected chi connectivity index (χ3v) is 16.2. The Hall–Kier alpha value is -7.93. The summed E-state index contributed by atoms with van der Waals surface area (Å²) < 4.78 is 31.6. The second-order valence-electron chi connectivity index (χ2n) is 21.4. The van der Waals surface area contributed by atoms with Crippen LogP contribution in [0.3, 0.4) is 0 Å².